The van der Waals surface area contributed by atoms with Gasteiger partial charge >= 0.3 is 5.97 Å². The van der Waals surface area contributed by atoms with Crippen LogP contribution in [0.1, 0.15) is 23.7 Å². The first-order valence-corrected chi connectivity index (χ1v) is 10.2. The van der Waals surface area contributed by atoms with Crippen LogP contribution < -0.4 is 5.32 Å². The maximum atomic E-state index is 12.0. The molecule has 1 saturated heterocycles. The molecular formula is C15H19NO5S2. The SMILES string of the molecule is CCOC(=O)c1ccccc1NC(=O)CS[C@@H]1CCS(=O)(=O)C1. The minimum atomic E-state index is -2.94. The largest absolute Gasteiger partial charge is 0.462 e. The van der Waals surface area contributed by atoms with Crippen molar-refractivity contribution in [1.82, 2.24) is 0 Å². The van der Waals surface area contributed by atoms with Crippen LogP contribution in [0.15, 0.2) is 24.3 Å². The summed E-state index contributed by atoms with van der Waals surface area (Å²) in [6, 6.07) is 6.63. The summed E-state index contributed by atoms with van der Waals surface area (Å²) >= 11 is 1.33. The van der Waals surface area contributed by atoms with Gasteiger partial charge < -0.3 is 10.1 Å². The highest BCUT2D eigenvalue weighted by Crippen LogP contribution is 2.24. The molecule has 0 unspecified atom stereocenters. The lowest BCUT2D eigenvalue weighted by Gasteiger charge is -2.11. The lowest BCUT2D eigenvalue weighted by molar-refractivity contribution is -0.113. The first-order valence-electron chi connectivity index (χ1n) is 7.29. The molecule has 0 saturated carbocycles. The monoisotopic (exact) mass is 357 g/mol. The van der Waals surface area contributed by atoms with Crippen molar-refractivity contribution in [1.29, 1.82) is 0 Å². The molecule has 0 spiro atoms. The molecule has 1 fully saturated rings. The molecule has 1 heterocycles. The second kappa shape index (κ2) is 7.83. The highest BCUT2D eigenvalue weighted by atomic mass is 32.2. The zero-order chi connectivity index (χ0) is 16.9. The Morgan fingerprint density at radius 1 is 1.35 bits per heavy atom. The molecular weight excluding hydrogens is 338 g/mol. The number of nitrogens with one attached hydrogen (secondary N) is 1. The van der Waals surface area contributed by atoms with E-state index in [1.165, 1.54) is 11.8 Å². The van der Waals surface area contributed by atoms with Gasteiger partial charge in [0, 0.05) is 5.25 Å². The van der Waals surface area contributed by atoms with Crippen LogP contribution in [0.2, 0.25) is 0 Å². The van der Waals surface area contributed by atoms with Crippen LogP contribution in [0.25, 0.3) is 0 Å². The molecule has 6 nitrogen and oxygen atoms in total. The third kappa shape index (κ3) is 5.24. The van der Waals surface area contributed by atoms with E-state index in [1.54, 1.807) is 31.2 Å². The van der Waals surface area contributed by atoms with Crippen molar-refractivity contribution in [2.24, 2.45) is 0 Å². The average Bonchev–Trinajstić information content (AvgIpc) is 2.85. The number of carbonyl (C=O) groups is 2. The maximum Gasteiger partial charge on any atom is 0.340 e. The summed E-state index contributed by atoms with van der Waals surface area (Å²) in [7, 11) is -2.94. The lowest BCUT2D eigenvalue weighted by atomic mass is 10.2. The van der Waals surface area contributed by atoms with Crippen molar-refractivity contribution in [2.75, 3.05) is 29.2 Å². The first kappa shape index (κ1) is 17.8. The van der Waals surface area contributed by atoms with Gasteiger partial charge in [0.2, 0.25) is 5.91 Å². The number of esters is 1. The fourth-order valence-electron chi connectivity index (χ4n) is 2.25. The predicted molar refractivity (Wildman–Crippen MR) is 90.5 cm³/mol. The van der Waals surface area contributed by atoms with E-state index in [0.29, 0.717) is 17.7 Å². The Morgan fingerprint density at radius 3 is 2.74 bits per heavy atom. The van der Waals surface area contributed by atoms with E-state index < -0.39 is 15.8 Å². The number of hydrogen-bond donors (Lipinski definition) is 1. The van der Waals surface area contributed by atoms with Crippen LogP contribution in [0, 0.1) is 0 Å². The molecule has 0 aromatic heterocycles. The van der Waals surface area contributed by atoms with Crippen LogP contribution in [0.5, 0.6) is 0 Å². The highest BCUT2D eigenvalue weighted by Gasteiger charge is 2.28. The van der Waals surface area contributed by atoms with Crippen molar-refractivity contribution in [2.45, 2.75) is 18.6 Å². The molecule has 0 bridgehead atoms. The van der Waals surface area contributed by atoms with Crippen LogP contribution in [0.4, 0.5) is 5.69 Å². The van der Waals surface area contributed by atoms with E-state index in [1.807, 2.05) is 0 Å². The van der Waals surface area contributed by atoms with Gasteiger partial charge in [-0.25, -0.2) is 13.2 Å². The molecule has 126 valence electrons. The molecule has 1 atom stereocenters. The molecule has 8 heteroatoms. The third-order valence-corrected chi connectivity index (χ3v) is 6.62. The average molecular weight is 357 g/mol. The number of hydrogen-bond acceptors (Lipinski definition) is 6. The van der Waals surface area contributed by atoms with Gasteiger partial charge in [0.05, 0.1) is 35.1 Å². The van der Waals surface area contributed by atoms with Gasteiger partial charge in [-0.05, 0) is 25.5 Å². The topological polar surface area (TPSA) is 89.5 Å². The molecule has 1 N–H and O–H groups in total. The number of sulfone groups is 1. The van der Waals surface area contributed by atoms with E-state index in [0.717, 1.165) is 0 Å². The van der Waals surface area contributed by atoms with E-state index in [2.05, 4.69) is 5.32 Å². The molecule has 1 aromatic rings. The normalized spacial score (nSPS) is 19.3. The second-order valence-corrected chi connectivity index (χ2v) is 8.67. The van der Waals surface area contributed by atoms with Gasteiger partial charge in [-0.3, -0.25) is 4.79 Å². The van der Waals surface area contributed by atoms with E-state index in [4.69, 9.17) is 4.74 Å². The van der Waals surface area contributed by atoms with Crippen molar-refractivity contribution < 1.29 is 22.7 Å². The van der Waals surface area contributed by atoms with Crippen LogP contribution in [-0.4, -0.2) is 49.4 Å². The molecule has 0 aliphatic carbocycles. The number of para-hydroxylation sites is 1. The summed E-state index contributed by atoms with van der Waals surface area (Å²) < 4.78 is 27.7. The van der Waals surface area contributed by atoms with Gasteiger partial charge in [0.25, 0.3) is 0 Å². The summed E-state index contributed by atoms with van der Waals surface area (Å²) in [5, 5.41) is 2.65. The summed E-state index contributed by atoms with van der Waals surface area (Å²) in [5.41, 5.74) is 0.701. The minimum Gasteiger partial charge on any atom is -0.462 e. The molecule has 1 amide bonds. The van der Waals surface area contributed by atoms with Crippen molar-refractivity contribution in [3.8, 4) is 0 Å². The quantitative estimate of drug-likeness (QED) is 0.780. The number of ether oxygens (including phenoxy) is 1. The van der Waals surface area contributed by atoms with Gasteiger partial charge in [0.1, 0.15) is 0 Å². The maximum absolute atomic E-state index is 12.0. The minimum absolute atomic E-state index is 0.0361. The summed E-state index contributed by atoms with van der Waals surface area (Å²) in [4.78, 5) is 23.9. The number of rotatable bonds is 6. The number of anilines is 1. The molecule has 1 aliphatic heterocycles. The Kier molecular flexibility index (Phi) is 6.06. The summed E-state index contributed by atoms with van der Waals surface area (Å²) in [6.45, 7) is 1.97. The van der Waals surface area contributed by atoms with E-state index >= 15 is 0 Å². The molecule has 1 aromatic carbocycles. The van der Waals surface area contributed by atoms with Crippen LogP contribution in [0.3, 0.4) is 0 Å². The first-order chi connectivity index (χ1) is 10.9. The van der Waals surface area contributed by atoms with Gasteiger partial charge in [-0.1, -0.05) is 12.1 Å². The standard InChI is InChI=1S/C15H19NO5S2/c1-2-21-15(18)12-5-3-4-6-13(12)16-14(17)9-22-11-7-8-23(19,20)10-11/h3-6,11H,2,7-10H2,1H3,(H,16,17)/t11-/m1/s1. The van der Waals surface area contributed by atoms with Crippen molar-refractivity contribution in [3.05, 3.63) is 29.8 Å². The van der Waals surface area contributed by atoms with Gasteiger partial charge in [-0.2, -0.15) is 0 Å². The molecule has 23 heavy (non-hydrogen) atoms. The number of benzene rings is 1. The van der Waals surface area contributed by atoms with Gasteiger partial charge in [0.15, 0.2) is 9.84 Å². The van der Waals surface area contributed by atoms with Crippen LogP contribution in [-0.2, 0) is 19.4 Å². The number of thioether (sulfide) groups is 1. The van der Waals surface area contributed by atoms with E-state index in [9.17, 15) is 18.0 Å². The summed E-state index contributed by atoms with van der Waals surface area (Å²) in [5.74, 6) is -0.284. The zero-order valence-corrected chi connectivity index (χ0v) is 14.4. The Labute approximate surface area is 139 Å². The zero-order valence-electron chi connectivity index (χ0n) is 12.8. The Bertz CT molecular complexity index is 687. The Hall–Kier alpha value is -1.54. The van der Waals surface area contributed by atoms with Crippen molar-refractivity contribution >= 4 is 39.2 Å². The van der Waals surface area contributed by atoms with Crippen LogP contribution >= 0.6 is 11.8 Å². The van der Waals surface area contributed by atoms with Crippen molar-refractivity contribution in [3.63, 3.8) is 0 Å². The Balaban J connectivity index is 1.92. The fourth-order valence-corrected chi connectivity index (χ4v) is 5.69. The predicted octanol–water partition coefficient (Wildman–Crippen LogP) is 1.72. The lowest BCUT2D eigenvalue weighted by Crippen LogP contribution is -2.19. The number of amides is 1. The Morgan fingerprint density at radius 2 is 2.09 bits per heavy atom. The third-order valence-electron chi connectivity index (χ3n) is 3.34. The molecule has 2 rings (SSSR count). The van der Waals surface area contributed by atoms with Gasteiger partial charge in [-0.15, -0.1) is 11.8 Å². The smallest absolute Gasteiger partial charge is 0.340 e. The second-order valence-electron chi connectivity index (χ2n) is 5.15. The fraction of sp³-hybridized carbons (Fsp3) is 0.467. The molecule has 0 radical (unpaired) electrons. The highest BCUT2D eigenvalue weighted by molar-refractivity contribution is 8.02. The van der Waals surface area contributed by atoms with E-state index in [-0.39, 0.29) is 35.0 Å². The molecule has 1 aliphatic rings. The summed E-state index contributed by atoms with van der Waals surface area (Å²) in [6.07, 6.45) is 0.583. The number of carbonyl (C=O) groups excluding carboxylic acids is 2.